The van der Waals surface area contributed by atoms with Gasteiger partial charge in [-0.15, -0.1) is 0 Å². The van der Waals surface area contributed by atoms with Crippen molar-refractivity contribution in [3.05, 3.63) is 23.0 Å². The number of phosphoric ester groups is 1. The molecule has 1 aliphatic rings. The molecule has 16 nitrogen and oxygen atoms in total. The first-order valence-corrected chi connectivity index (χ1v) is 10.1. The van der Waals surface area contributed by atoms with Gasteiger partial charge in [0.2, 0.25) is 0 Å². The molecule has 158 valence electrons. The number of phosphoric acid groups is 2. The van der Waals surface area contributed by atoms with Gasteiger partial charge in [-0.25, -0.2) is 14.5 Å². The summed E-state index contributed by atoms with van der Waals surface area (Å²) in [5.74, 6) is 0. The fourth-order valence-corrected chi connectivity index (χ4v) is 2.66. The van der Waals surface area contributed by atoms with E-state index in [0.29, 0.717) is 0 Å². The summed E-state index contributed by atoms with van der Waals surface area (Å²) < 4.78 is 30.2. The van der Waals surface area contributed by atoms with Crippen LogP contribution in [0.5, 0.6) is 0 Å². The first kappa shape index (κ1) is 36.5. The number of H-pyrrole nitrogens is 1. The number of imidazole rings is 1. The van der Waals surface area contributed by atoms with Gasteiger partial charge < -0.3 is 49.0 Å². The van der Waals surface area contributed by atoms with Crippen LogP contribution < -0.4 is 174 Å². The van der Waals surface area contributed by atoms with Gasteiger partial charge in [0.15, 0.2) is 17.4 Å². The van der Waals surface area contributed by atoms with Crippen LogP contribution in [0.2, 0.25) is 0 Å². The first-order valence-electron chi connectivity index (χ1n) is 7.13. The molecule has 0 radical (unpaired) electrons. The Hall–Kier alpha value is 3.36. The second kappa shape index (κ2) is 15.6. The Kier molecular flexibility index (Phi) is 18.3. The van der Waals surface area contributed by atoms with Crippen LogP contribution in [0.15, 0.2) is 17.4 Å². The molecule has 0 spiro atoms. The molecular weight excluding hydrogens is 547 g/mol. The van der Waals surface area contributed by atoms with E-state index in [2.05, 4.69) is 19.5 Å². The molecule has 3 rings (SSSR count). The molecule has 1 aliphatic heterocycles. The molecule has 31 heavy (non-hydrogen) atoms. The Labute approximate surface area is 301 Å². The van der Waals surface area contributed by atoms with E-state index in [-0.39, 0.29) is 165 Å². The summed E-state index contributed by atoms with van der Waals surface area (Å²) in [6, 6.07) is 0. The number of nitrogens with one attached hydrogen (secondary N) is 1. The number of hydrogen-bond acceptors (Lipinski definition) is 12. The Morgan fingerprint density at radius 2 is 1.68 bits per heavy atom. The third kappa shape index (κ3) is 12.0. The van der Waals surface area contributed by atoms with Gasteiger partial charge in [-0.05, 0) is 0 Å². The zero-order valence-corrected chi connectivity index (χ0v) is 27.6. The van der Waals surface area contributed by atoms with Gasteiger partial charge >= 0.3 is 162 Å². The predicted molar refractivity (Wildman–Crippen MR) is 79.7 cm³/mol. The van der Waals surface area contributed by atoms with Gasteiger partial charge in [-0.2, -0.15) is 7.82 Å². The SMILES string of the molecule is O=P([O-])([O-])[O-].O=c1[nH]cnc2c1ncn2[C@@H]1O[C@H](COP(=O)(O)O)[C@@H](O)[C@H]1O.[K+].[K+].[K+]. The fourth-order valence-electron chi connectivity index (χ4n) is 2.32. The van der Waals surface area contributed by atoms with E-state index < -0.39 is 52.4 Å². The fraction of sp³-hybridized carbons (Fsp3) is 0.500. The van der Waals surface area contributed by atoms with Crippen LogP contribution in [0, 0.1) is 0 Å². The van der Waals surface area contributed by atoms with Crippen molar-refractivity contribution < 1.29 is 207 Å². The van der Waals surface area contributed by atoms with Crippen LogP contribution in [0.25, 0.3) is 11.2 Å². The molecule has 21 heteroatoms. The van der Waals surface area contributed by atoms with Crippen LogP contribution in [0.4, 0.5) is 0 Å². The number of rotatable bonds is 4. The Morgan fingerprint density at radius 3 is 2.19 bits per heavy atom. The molecule has 0 saturated carbocycles. The van der Waals surface area contributed by atoms with E-state index in [9.17, 15) is 19.6 Å². The normalized spacial score (nSPS) is 23.1. The molecule has 0 amide bonds. The molecule has 1 saturated heterocycles. The average molecular weight is 560 g/mol. The number of aromatic nitrogens is 4. The summed E-state index contributed by atoms with van der Waals surface area (Å²) in [7, 11) is -10.1. The van der Waals surface area contributed by atoms with E-state index >= 15 is 0 Å². The minimum Gasteiger partial charge on any atom is -0.822 e. The number of aromatic amines is 1. The average Bonchev–Trinajstić information content (AvgIpc) is 3.07. The molecule has 2 aromatic rings. The monoisotopic (exact) mass is 560 g/mol. The Morgan fingerprint density at radius 1 is 1.13 bits per heavy atom. The quantitative estimate of drug-likeness (QED) is 0.172. The molecule has 5 N–H and O–H groups in total. The van der Waals surface area contributed by atoms with Crippen LogP contribution in [-0.2, 0) is 18.4 Å². The minimum absolute atomic E-state index is 0. The van der Waals surface area contributed by atoms with Crippen LogP contribution in [-0.4, -0.2) is 64.4 Å². The minimum atomic E-state index is -5.39. The summed E-state index contributed by atoms with van der Waals surface area (Å²) in [6.45, 7) is -0.625. The zero-order chi connectivity index (χ0) is 21.3. The van der Waals surface area contributed by atoms with Gasteiger partial charge in [0.1, 0.15) is 18.3 Å². The summed E-state index contributed by atoms with van der Waals surface area (Å²) >= 11 is 0. The van der Waals surface area contributed by atoms with Crippen molar-refractivity contribution in [3.63, 3.8) is 0 Å². The third-order valence-corrected chi connectivity index (χ3v) is 3.87. The standard InChI is InChI=1S/C10H13N4O8P.3K.H3O4P/c15-6-4(1-21-23(18,19)20)22-10(7(6)16)14-3-13-5-8(14)11-2-12-9(5)17;;;;1-5(2,3)4/h2-4,6-7,10,15-16H,1H2,(H,11,12,17)(H2,18,19,20);;;;(H3,1,2,3,4)/q;3*+1;/p-3/t4-,6-,7-,10-;;;;/m1..../s1. The van der Waals surface area contributed by atoms with Crippen LogP contribution in [0.3, 0.4) is 0 Å². The van der Waals surface area contributed by atoms with Crippen molar-refractivity contribution in [1.82, 2.24) is 19.5 Å². The second-order valence-electron chi connectivity index (χ2n) is 5.34. The maximum Gasteiger partial charge on any atom is 1.00 e. The van der Waals surface area contributed by atoms with E-state index in [0.717, 1.165) is 6.33 Å². The molecule has 1 fully saturated rings. The van der Waals surface area contributed by atoms with E-state index in [1.54, 1.807) is 0 Å². The smallest absolute Gasteiger partial charge is 0.822 e. The van der Waals surface area contributed by atoms with Crippen molar-refractivity contribution in [2.45, 2.75) is 24.5 Å². The molecule has 3 heterocycles. The van der Waals surface area contributed by atoms with Crippen molar-refractivity contribution in [1.29, 1.82) is 0 Å². The molecular formula is C10H13K3N4O12P2. The summed E-state index contributed by atoms with van der Waals surface area (Å²) in [5, 5.41) is 20.0. The van der Waals surface area contributed by atoms with Crippen molar-refractivity contribution >= 4 is 26.8 Å². The number of hydrogen-bond donors (Lipinski definition) is 5. The van der Waals surface area contributed by atoms with Crippen molar-refractivity contribution in [2.75, 3.05) is 6.61 Å². The molecule has 0 aromatic carbocycles. The molecule has 4 atom stereocenters. The van der Waals surface area contributed by atoms with E-state index in [1.807, 2.05) is 0 Å². The van der Waals surface area contributed by atoms with Gasteiger partial charge in [0.05, 0.1) is 19.3 Å². The van der Waals surface area contributed by atoms with Gasteiger partial charge in [-0.1, -0.05) is 0 Å². The summed E-state index contributed by atoms with van der Waals surface area (Å²) in [5.41, 5.74) is -0.336. The van der Waals surface area contributed by atoms with Gasteiger partial charge in [0.25, 0.3) is 5.56 Å². The predicted octanol–water partition coefficient (Wildman–Crippen LogP) is -14.0. The van der Waals surface area contributed by atoms with Crippen molar-refractivity contribution in [2.24, 2.45) is 0 Å². The molecule has 2 aromatic heterocycles. The topological polar surface area (TPSA) is 266 Å². The maximum absolute atomic E-state index is 11.6. The van der Waals surface area contributed by atoms with Gasteiger partial charge in [-0.3, -0.25) is 13.9 Å². The van der Waals surface area contributed by atoms with Gasteiger partial charge in [0, 0.05) is 0 Å². The molecule has 0 bridgehead atoms. The second-order valence-corrected chi connectivity index (χ2v) is 7.47. The number of ether oxygens (including phenoxy) is 1. The first-order chi connectivity index (χ1) is 12.8. The number of aliphatic hydroxyl groups is 2. The third-order valence-electron chi connectivity index (χ3n) is 3.38. The summed E-state index contributed by atoms with van der Waals surface area (Å²) in [4.78, 5) is 64.7. The van der Waals surface area contributed by atoms with Crippen molar-refractivity contribution in [3.8, 4) is 0 Å². The zero-order valence-electron chi connectivity index (χ0n) is 16.5. The summed E-state index contributed by atoms with van der Waals surface area (Å²) in [6.07, 6.45) is -2.85. The van der Waals surface area contributed by atoms with Crippen LogP contribution >= 0.6 is 15.6 Å². The van der Waals surface area contributed by atoms with E-state index in [1.165, 1.54) is 10.9 Å². The Bertz CT molecular complexity index is 971. The maximum atomic E-state index is 11.6. The number of fused-ring (bicyclic) bond motifs is 1. The Balaban J connectivity index is 0. The molecule has 0 unspecified atom stereocenters. The van der Waals surface area contributed by atoms with Crippen LogP contribution in [0.1, 0.15) is 6.23 Å². The van der Waals surface area contributed by atoms with E-state index in [4.69, 9.17) is 33.8 Å². The number of nitrogens with zero attached hydrogens (tertiary/aromatic N) is 3. The molecule has 0 aliphatic carbocycles. The number of aliphatic hydroxyl groups excluding tert-OH is 2. The largest absolute Gasteiger partial charge is 1.00 e.